The lowest BCUT2D eigenvalue weighted by molar-refractivity contribution is -0.144. The highest BCUT2D eigenvalue weighted by Gasteiger charge is 2.38. The molecule has 1 aliphatic rings. The highest BCUT2D eigenvalue weighted by Crippen LogP contribution is 2.34. The highest BCUT2D eigenvalue weighted by molar-refractivity contribution is 5.81. The van der Waals surface area contributed by atoms with Gasteiger partial charge in [0.25, 0.3) is 0 Å². The van der Waals surface area contributed by atoms with E-state index in [1.807, 2.05) is 42.5 Å². The SMILES string of the molecule is CC(CC1CCCO1)(C(=O)O)c1ccc(-c2ccccc2)cc1. The van der Waals surface area contributed by atoms with Gasteiger partial charge in [-0.2, -0.15) is 0 Å². The largest absolute Gasteiger partial charge is 0.481 e. The maximum atomic E-state index is 11.9. The van der Waals surface area contributed by atoms with E-state index in [0.717, 1.165) is 36.1 Å². The van der Waals surface area contributed by atoms with Crippen LogP contribution < -0.4 is 0 Å². The topological polar surface area (TPSA) is 46.5 Å². The molecule has 0 bridgehead atoms. The Hall–Kier alpha value is -2.13. The van der Waals surface area contributed by atoms with E-state index in [4.69, 9.17) is 4.74 Å². The molecular formula is C20H22O3. The minimum Gasteiger partial charge on any atom is -0.481 e. The third-order valence-corrected chi connectivity index (χ3v) is 4.76. The molecule has 1 N–H and O–H groups in total. The number of hydrogen-bond donors (Lipinski definition) is 1. The van der Waals surface area contributed by atoms with Gasteiger partial charge in [-0.1, -0.05) is 54.6 Å². The summed E-state index contributed by atoms with van der Waals surface area (Å²) in [4.78, 5) is 11.9. The van der Waals surface area contributed by atoms with Crippen molar-refractivity contribution < 1.29 is 14.6 Å². The molecule has 23 heavy (non-hydrogen) atoms. The van der Waals surface area contributed by atoms with Crippen LogP contribution in [-0.2, 0) is 14.9 Å². The number of rotatable bonds is 5. The zero-order valence-electron chi connectivity index (χ0n) is 13.4. The molecule has 0 aliphatic carbocycles. The molecule has 0 amide bonds. The van der Waals surface area contributed by atoms with E-state index in [0.29, 0.717) is 6.42 Å². The summed E-state index contributed by atoms with van der Waals surface area (Å²) in [6, 6.07) is 18.0. The summed E-state index contributed by atoms with van der Waals surface area (Å²) in [5.74, 6) is -0.791. The van der Waals surface area contributed by atoms with Gasteiger partial charge in [-0.05, 0) is 42.9 Å². The third kappa shape index (κ3) is 3.30. The minimum absolute atomic E-state index is 0.0462. The van der Waals surface area contributed by atoms with Crippen molar-refractivity contribution in [2.45, 2.75) is 37.7 Å². The van der Waals surface area contributed by atoms with Crippen molar-refractivity contribution in [2.24, 2.45) is 0 Å². The van der Waals surface area contributed by atoms with Gasteiger partial charge in [0.05, 0.1) is 11.5 Å². The van der Waals surface area contributed by atoms with Crippen LogP contribution in [0.3, 0.4) is 0 Å². The van der Waals surface area contributed by atoms with E-state index < -0.39 is 11.4 Å². The summed E-state index contributed by atoms with van der Waals surface area (Å²) in [6.45, 7) is 2.54. The lowest BCUT2D eigenvalue weighted by atomic mass is 9.77. The zero-order valence-corrected chi connectivity index (χ0v) is 13.4. The Balaban J connectivity index is 1.86. The van der Waals surface area contributed by atoms with Crippen molar-refractivity contribution in [3.05, 3.63) is 60.2 Å². The molecule has 3 nitrogen and oxygen atoms in total. The van der Waals surface area contributed by atoms with Gasteiger partial charge in [0.15, 0.2) is 0 Å². The molecule has 0 saturated carbocycles. The minimum atomic E-state index is -0.912. The second-order valence-electron chi connectivity index (χ2n) is 6.42. The standard InChI is InChI=1S/C20H22O3/c1-20(19(21)22,14-18-8-5-13-23-18)17-11-9-16(10-12-17)15-6-3-2-4-7-15/h2-4,6-7,9-12,18H,5,8,13-14H2,1H3,(H,21,22). The fourth-order valence-electron chi connectivity index (χ4n) is 3.25. The smallest absolute Gasteiger partial charge is 0.313 e. The van der Waals surface area contributed by atoms with Crippen LogP contribution in [0, 0.1) is 0 Å². The average Bonchev–Trinajstić information content (AvgIpc) is 3.08. The Kier molecular flexibility index (Phi) is 4.49. The Morgan fingerprint density at radius 2 is 1.78 bits per heavy atom. The molecule has 3 rings (SSSR count). The summed E-state index contributed by atoms with van der Waals surface area (Å²) in [7, 11) is 0. The van der Waals surface area contributed by atoms with E-state index in [1.165, 1.54) is 0 Å². The molecule has 3 heteroatoms. The van der Waals surface area contributed by atoms with Gasteiger partial charge in [0.2, 0.25) is 0 Å². The van der Waals surface area contributed by atoms with Gasteiger partial charge in [0, 0.05) is 6.61 Å². The van der Waals surface area contributed by atoms with Crippen molar-refractivity contribution in [3.63, 3.8) is 0 Å². The predicted molar refractivity (Wildman–Crippen MR) is 90.5 cm³/mol. The highest BCUT2D eigenvalue weighted by atomic mass is 16.5. The molecule has 2 atom stereocenters. The first-order chi connectivity index (χ1) is 11.1. The third-order valence-electron chi connectivity index (χ3n) is 4.76. The van der Waals surface area contributed by atoms with Gasteiger partial charge in [0.1, 0.15) is 0 Å². The summed E-state index contributed by atoms with van der Waals surface area (Å²) in [6.07, 6.45) is 2.54. The van der Waals surface area contributed by atoms with Gasteiger partial charge in [-0.15, -0.1) is 0 Å². The first kappa shape index (κ1) is 15.8. The second-order valence-corrected chi connectivity index (χ2v) is 6.42. The van der Waals surface area contributed by atoms with Crippen molar-refractivity contribution in [1.82, 2.24) is 0 Å². The fraction of sp³-hybridized carbons (Fsp3) is 0.350. The van der Waals surface area contributed by atoms with Crippen LogP contribution in [0.4, 0.5) is 0 Å². The summed E-state index contributed by atoms with van der Waals surface area (Å²) in [5.41, 5.74) is 2.15. The maximum absolute atomic E-state index is 11.9. The van der Waals surface area contributed by atoms with E-state index in [1.54, 1.807) is 6.92 Å². The van der Waals surface area contributed by atoms with Crippen molar-refractivity contribution in [2.75, 3.05) is 6.61 Å². The van der Waals surface area contributed by atoms with Crippen LogP contribution in [0.5, 0.6) is 0 Å². The van der Waals surface area contributed by atoms with Crippen molar-refractivity contribution >= 4 is 5.97 Å². The average molecular weight is 310 g/mol. The zero-order chi connectivity index (χ0) is 16.3. The molecular weight excluding hydrogens is 288 g/mol. The van der Waals surface area contributed by atoms with Crippen molar-refractivity contribution in [1.29, 1.82) is 0 Å². The normalized spacial score (nSPS) is 20.1. The first-order valence-electron chi connectivity index (χ1n) is 8.10. The van der Waals surface area contributed by atoms with Crippen LogP contribution in [0.1, 0.15) is 31.7 Å². The Bertz CT molecular complexity index is 657. The quantitative estimate of drug-likeness (QED) is 0.897. The summed E-state index contributed by atoms with van der Waals surface area (Å²) < 4.78 is 5.65. The van der Waals surface area contributed by atoms with Crippen LogP contribution in [0.25, 0.3) is 11.1 Å². The van der Waals surface area contributed by atoms with Crippen molar-refractivity contribution in [3.8, 4) is 11.1 Å². The lowest BCUT2D eigenvalue weighted by Crippen LogP contribution is -2.36. The van der Waals surface area contributed by atoms with E-state index in [-0.39, 0.29) is 6.10 Å². The number of hydrogen-bond acceptors (Lipinski definition) is 2. The molecule has 2 aromatic rings. The van der Waals surface area contributed by atoms with Gasteiger partial charge in [-0.25, -0.2) is 0 Å². The molecule has 1 saturated heterocycles. The Labute approximate surface area is 136 Å². The summed E-state index contributed by atoms with van der Waals surface area (Å²) in [5, 5.41) is 9.78. The van der Waals surface area contributed by atoms with Crippen LogP contribution in [0.2, 0.25) is 0 Å². The number of aliphatic carboxylic acids is 1. The monoisotopic (exact) mass is 310 g/mol. The van der Waals surface area contributed by atoms with E-state index in [9.17, 15) is 9.90 Å². The number of carboxylic acid groups (broad SMARTS) is 1. The molecule has 120 valence electrons. The van der Waals surface area contributed by atoms with Crippen LogP contribution >= 0.6 is 0 Å². The Morgan fingerprint density at radius 3 is 2.35 bits per heavy atom. The first-order valence-corrected chi connectivity index (χ1v) is 8.10. The van der Waals surface area contributed by atoms with E-state index >= 15 is 0 Å². The van der Waals surface area contributed by atoms with Gasteiger partial charge in [-0.3, -0.25) is 4.79 Å². The second kappa shape index (κ2) is 6.55. The molecule has 1 aliphatic heterocycles. The number of carbonyl (C=O) groups is 1. The molecule has 1 fully saturated rings. The molecule has 1 heterocycles. The van der Waals surface area contributed by atoms with Gasteiger partial charge >= 0.3 is 5.97 Å². The maximum Gasteiger partial charge on any atom is 0.313 e. The van der Waals surface area contributed by atoms with Gasteiger partial charge < -0.3 is 9.84 Å². The number of benzene rings is 2. The molecule has 2 aromatic carbocycles. The van der Waals surface area contributed by atoms with Crippen LogP contribution in [0.15, 0.2) is 54.6 Å². The predicted octanol–water partition coefficient (Wildman–Crippen LogP) is 4.27. The molecule has 2 unspecified atom stereocenters. The molecule has 0 radical (unpaired) electrons. The number of carboxylic acids is 1. The fourth-order valence-corrected chi connectivity index (χ4v) is 3.25. The lowest BCUT2D eigenvalue weighted by Gasteiger charge is -2.28. The number of ether oxygens (including phenoxy) is 1. The summed E-state index contributed by atoms with van der Waals surface area (Å²) >= 11 is 0. The molecule has 0 aromatic heterocycles. The molecule has 0 spiro atoms. The van der Waals surface area contributed by atoms with E-state index in [2.05, 4.69) is 12.1 Å². The van der Waals surface area contributed by atoms with Crippen LogP contribution in [-0.4, -0.2) is 23.8 Å². The Morgan fingerprint density at radius 1 is 1.13 bits per heavy atom.